The molecule has 0 saturated heterocycles. The minimum absolute atomic E-state index is 0.00898. The van der Waals surface area contributed by atoms with Gasteiger partial charge in [-0.15, -0.1) is 0 Å². The number of carbonyl (C=O) groups excluding carboxylic acids is 1. The van der Waals surface area contributed by atoms with Crippen molar-refractivity contribution in [3.63, 3.8) is 0 Å². The molecule has 0 bridgehead atoms. The quantitative estimate of drug-likeness (QED) is 0.819. The third kappa shape index (κ3) is 1.74. The summed E-state index contributed by atoms with van der Waals surface area (Å²) >= 11 is 3.30. The lowest BCUT2D eigenvalue weighted by Crippen LogP contribution is -2.27. The van der Waals surface area contributed by atoms with Crippen LogP contribution in [-0.2, 0) is 9.59 Å². The molecule has 5 heteroatoms. The van der Waals surface area contributed by atoms with Crippen molar-refractivity contribution in [3.05, 3.63) is 28.2 Å². The summed E-state index contributed by atoms with van der Waals surface area (Å²) < 4.78 is 0.715. The van der Waals surface area contributed by atoms with Crippen LogP contribution in [0.15, 0.2) is 22.7 Å². The average molecular weight is 270 g/mol. The molecule has 0 aliphatic carbocycles. The van der Waals surface area contributed by atoms with Gasteiger partial charge in [0, 0.05) is 22.1 Å². The van der Waals surface area contributed by atoms with Gasteiger partial charge in [-0.1, -0.05) is 22.0 Å². The van der Waals surface area contributed by atoms with E-state index in [1.165, 1.54) is 0 Å². The summed E-state index contributed by atoms with van der Waals surface area (Å²) in [6.07, 6.45) is -0.00898. The van der Waals surface area contributed by atoms with Crippen LogP contribution in [0.2, 0.25) is 0 Å². The molecule has 2 rings (SSSR count). The molecule has 0 saturated carbocycles. The van der Waals surface area contributed by atoms with Gasteiger partial charge in [0.15, 0.2) is 0 Å². The first-order valence-corrected chi connectivity index (χ1v) is 5.20. The molecule has 1 aromatic rings. The first-order chi connectivity index (χ1) is 7.09. The van der Waals surface area contributed by atoms with E-state index < -0.39 is 11.9 Å². The molecule has 1 heterocycles. The maximum Gasteiger partial charge on any atom is 0.311 e. The summed E-state index contributed by atoms with van der Waals surface area (Å²) in [6, 6.07) is 5.23. The van der Waals surface area contributed by atoms with Crippen molar-refractivity contribution in [1.82, 2.24) is 0 Å². The van der Waals surface area contributed by atoms with Gasteiger partial charge in [0.2, 0.25) is 5.91 Å². The smallest absolute Gasteiger partial charge is 0.311 e. The van der Waals surface area contributed by atoms with Crippen molar-refractivity contribution in [3.8, 4) is 0 Å². The Hall–Kier alpha value is -1.36. The van der Waals surface area contributed by atoms with Gasteiger partial charge in [-0.3, -0.25) is 9.59 Å². The number of halogens is 1. The van der Waals surface area contributed by atoms with E-state index in [1.54, 1.807) is 18.2 Å². The largest absolute Gasteiger partial charge is 0.481 e. The highest BCUT2D eigenvalue weighted by Crippen LogP contribution is 2.37. The first kappa shape index (κ1) is 10.2. The Labute approximate surface area is 94.4 Å². The maximum absolute atomic E-state index is 11.3. The van der Waals surface area contributed by atoms with E-state index in [2.05, 4.69) is 21.2 Å². The predicted molar refractivity (Wildman–Crippen MR) is 57.8 cm³/mol. The van der Waals surface area contributed by atoms with Gasteiger partial charge in [-0.25, -0.2) is 0 Å². The highest BCUT2D eigenvalue weighted by molar-refractivity contribution is 9.10. The fourth-order valence-corrected chi connectivity index (χ4v) is 2.34. The number of fused-ring (bicyclic) bond motifs is 1. The number of aliphatic carboxylic acids is 1. The van der Waals surface area contributed by atoms with Gasteiger partial charge in [-0.05, 0) is 12.1 Å². The highest BCUT2D eigenvalue weighted by Gasteiger charge is 2.31. The molecule has 4 nitrogen and oxygen atoms in total. The standard InChI is InChI=1S/C10H8BrNO3/c11-6-2-1-3-7-9(6)5(10(14)15)4-8(13)12-7/h1-3,5H,4H2,(H,12,13)(H,14,15). The molecule has 2 N–H and O–H groups in total. The third-order valence-corrected chi connectivity index (χ3v) is 3.05. The number of anilines is 1. The van der Waals surface area contributed by atoms with Crippen LogP contribution in [-0.4, -0.2) is 17.0 Å². The van der Waals surface area contributed by atoms with Gasteiger partial charge in [-0.2, -0.15) is 0 Å². The molecule has 0 radical (unpaired) electrons. The Balaban J connectivity index is 2.57. The number of carboxylic acids is 1. The summed E-state index contributed by atoms with van der Waals surface area (Å²) in [5.74, 6) is -1.99. The predicted octanol–water partition coefficient (Wildman–Crippen LogP) is 1.96. The maximum atomic E-state index is 11.3. The molecule has 78 valence electrons. The second kappa shape index (κ2) is 3.66. The molecule has 1 atom stereocenters. The lowest BCUT2D eigenvalue weighted by atomic mass is 9.91. The normalized spacial score (nSPS) is 19.3. The van der Waals surface area contributed by atoms with Gasteiger partial charge in [0.05, 0.1) is 5.92 Å². The van der Waals surface area contributed by atoms with Crippen LogP contribution < -0.4 is 5.32 Å². The number of hydrogen-bond donors (Lipinski definition) is 2. The monoisotopic (exact) mass is 269 g/mol. The van der Waals surface area contributed by atoms with E-state index in [1.807, 2.05) is 0 Å². The van der Waals surface area contributed by atoms with Crippen LogP contribution in [0.5, 0.6) is 0 Å². The zero-order valence-electron chi connectivity index (χ0n) is 7.66. The Kier molecular flexibility index (Phi) is 2.48. The zero-order chi connectivity index (χ0) is 11.0. The van der Waals surface area contributed by atoms with Crippen LogP contribution in [0.4, 0.5) is 5.69 Å². The van der Waals surface area contributed by atoms with Crippen LogP contribution in [0.1, 0.15) is 17.9 Å². The SMILES string of the molecule is O=C1CC(C(=O)O)c2c(Br)cccc2N1. The fraction of sp³-hybridized carbons (Fsp3) is 0.200. The Morgan fingerprint density at radius 2 is 2.27 bits per heavy atom. The minimum Gasteiger partial charge on any atom is -0.481 e. The van der Waals surface area contributed by atoms with Crippen molar-refractivity contribution in [2.75, 3.05) is 5.32 Å². The number of hydrogen-bond acceptors (Lipinski definition) is 2. The Morgan fingerprint density at radius 3 is 2.93 bits per heavy atom. The Bertz CT molecular complexity index is 444. The van der Waals surface area contributed by atoms with Crippen molar-refractivity contribution >= 4 is 33.5 Å². The summed E-state index contributed by atoms with van der Waals surface area (Å²) in [5, 5.41) is 11.7. The Morgan fingerprint density at radius 1 is 1.53 bits per heavy atom. The minimum atomic E-state index is -0.974. The first-order valence-electron chi connectivity index (χ1n) is 4.40. The van der Waals surface area contributed by atoms with Crippen molar-refractivity contribution < 1.29 is 14.7 Å². The highest BCUT2D eigenvalue weighted by atomic mass is 79.9. The molecular weight excluding hydrogens is 262 g/mol. The number of amides is 1. The van der Waals surface area contributed by atoms with Crippen LogP contribution in [0.25, 0.3) is 0 Å². The number of rotatable bonds is 1. The molecule has 0 spiro atoms. The topological polar surface area (TPSA) is 66.4 Å². The molecule has 15 heavy (non-hydrogen) atoms. The zero-order valence-corrected chi connectivity index (χ0v) is 9.24. The van der Waals surface area contributed by atoms with E-state index >= 15 is 0 Å². The van der Waals surface area contributed by atoms with E-state index in [0.717, 1.165) is 0 Å². The average Bonchev–Trinajstić information content (AvgIpc) is 2.16. The molecule has 1 aliphatic heterocycles. The lowest BCUT2D eigenvalue weighted by Gasteiger charge is -2.23. The van der Waals surface area contributed by atoms with E-state index in [9.17, 15) is 9.59 Å². The molecule has 0 aromatic heterocycles. The van der Waals surface area contributed by atoms with E-state index in [0.29, 0.717) is 15.7 Å². The lowest BCUT2D eigenvalue weighted by molar-refractivity contribution is -0.140. The summed E-state index contributed by atoms with van der Waals surface area (Å²) in [7, 11) is 0. The van der Waals surface area contributed by atoms with Crippen molar-refractivity contribution in [2.24, 2.45) is 0 Å². The third-order valence-electron chi connectivity index (χ3n) is 2.36. The number of nitrogens with one attached hydrogen (secondary N) is 1. The number of benzene rings is 1. The van der Waals surface area contributed by atoms with Gasteiger partial charge in [0.25, 0.3) is 0 Å². The number of carbonyl (C=O) groups is 2. The second-order valence-electron chi connectivity index (χ2n) is 3.34. The molecule has 1 aliphatic rings. The van der Waals surface area contributed by atoms with Gasteiger partial charge < -0.3 is 10.4 Å². The molecular formula is C10H8BrNO3. The molecule has 1 amide bonds. The van der Waals surface area contributed by atoms with E-state index in [-0.39, 0.29) is 12.3 Å². The van der Waals surface area contributed by atoms with Crippen molar-refractivity contribution in [2.45, 2.75) is 12.3 Å². The van der Waals surface area contributed by atoms with Crippen LogP contribution in [0, 0.1) is 0 Å². The summed E-state index contributed by atoms with van der Waals surface area (Å²) in [4.78, 5) is 22.3. The van der Waals surface area contributed by atoms with Crippen molar-refractivity contribution in [1.29, 1.82) is 0 Å². The van der Waals surface area contributed by atoms with Gasteiger partial charge >= 0.3 is 5.97 Å². The second-order valence-corrected chi connectivity index (χ2v) is 4.20. The summed E-state index contributed by atoms with van der Waals surface area (Å²) in [6.45, 7) is 0. The number of carboxylic acid groups (broad SMARTS) is 1. The van der Waals surface area contributed by atoms with Crippen LogP contribution in [0.3, 0.4) is 0 Å². The van der Waals surface area contributed by atoms with Gasteiger partial charge in [0.1, 0.15) is 0 Å². The van der Waals surface area contributed by atoms with E-state index in [4.69, 9.17) is 5.11 Å². The molecule has 0 fully saturated rings. The summed E-state index contributed by atoms with van der Waals surface area (Å²) in [5.41, 5.74) is 1.22. The fourth-order valence-electron chi connectivity index (χ4n) is 1.70. The molecule has 1 unspecified atom stereocenters. The van der Waals surface area contributed by atoms with Crippen LogP contribution >= 0.6 is 15.9 Å². The molecule has 1 aromatic carbocycles.